The highest BCUT2D eigenvalue weighted by Crippen LogP contribution is 2.23. The van der Waals surface area contributed by atoms with Gasteiger partial charge in [0.15, 0.2) is 0 Å². The number of nitriles is 1. The molecule has 2 fully saturated rings. The minimum absolute atomic E-state index is 0.0890. The van der Waals surface area contributed by atoms with Gasteiger partial charge in [-0.1, -0.05) is 5.92 Å². The van der Waals surface area contributed by atoms with E-state index in [1.54, 1.807) is 4.90 Å². The van der Waals surface area contributed by atoms with Crippen molar-refractivity contribution in [2.45, 2.75) is 37.4 Å². The fourth-order valence-electron chi connectivity index (χ4n) is 2.47. The van der Waals surface area contributed by atoms with Gasteiger partial charge in [-0.05, 0) is 19.3 Å². The normalized spacial score (nSPS) is 31.0. The number of carbonyl (C=O) groups is 1. The van der Waals surface area contributed by atoms with Gasteiger partial charge in [-0.25, -0.2) is 0 Å². The van der Waals surface area contributed by atoms with Crippen LogP contribution in [0.1, 0.15) is 19.3 Å². The van der Waals surface area contributed by atoms with Crippen LogP contribution < -0.4 is 5.32 Å². The largest absolute Gasteiger partial charge is 0.380 e. The minimum Gasteiger partial charge on any atom is -0.380 e. The molecule has 0 aliphatic carbocycles. The number of nitrogens with zero attached hydrogens (tertiary/aromatic N) is 2. The van der Waals surface area contributed by atoms with Crippen molar-refractivity contribution in [1.29, 1.82) is 5.26 Å². The van der Waals surface area contributed by atoms with Gasteiger partial charge in [0, 0.05) is 12.6 Å². The smallest absolute Gasteiger partial charge is 0.238 e. The van der Waals surface area contributed by atoms with E-state index in [0.717, 1.165) is 13.0 Å². The molecular weight excluding hydrogens is 230 g/mol. The van der Waals surface area contributed by atoms with E-state index >= 15 is 0 Å². The zero-order valence-electron chi connectivity index (χ0n) is 10.3. The minimum atomic E-state index is -0.375. The molecule has 0 aromatic heterocycles. The molecule has 1 N–H and O–H groups in total. The molecule has 5 heteroatoms. The molecule has 2 saturated heterocycles. The monoisotopic (exact) mass is 247 g/mol. The van der Waals surface area contributed by atoms with Gasteiger partial charge >= 0.3 is 0 Å². The topological polar surface area (TPSA) is 65.4 Å². The third-order valence-corrected chi connectivity index (χ3v) is 3.49. The Bertz CT molecular complexity index is 368. The summed E-state index contributed by atoms with van der Waals surface area (Å²) in [5.41, 5.74) is 0. The molecule has 18 heavy (non-hydrogen) atoms. The lowest BCUT2D eigenvalue weighted by atomic mass is 10.2. The summed E-state index contributed by atoms with van der Waals surface area (Å²) in [6.07, 6.45) is 7.71. The Morgan fingerprint density at radius 3 is 2.83 bits per heavy atom. The third-order valence-electron chi connectivity index (χ3n) is 3.49. The van der Waals surface area contributed by atoms with Crippen molar-refractivity contribution < 1.29 is 9.53 Å². The van der Waals surface area contributed by atoms with Crippen LogP contribution in [0.4, 0.5) is 0 Å². The van der Waals surface area contributed by atoms with E-state index in [0.29, 0.717) is 19.4 Å². The second kappa shape index (κ2) is 5.86. The van der Waals surface area contributed by atoms with Crippen molar-refractivity contribution in [1.82, 2.24) is 10.2 Å². The number of ether oxygens (including phenoxy) is 1. The molecule has 0 aromatic rings. The lowest BCUT2D eigenvalue weighted by molar-refractivity contribution is -0.131. The van der Waals surface area contributed by atoms with Crippen LogP contribution in [0.25, 0.3) is 0 Å². The molecule has 3 atom stereocenters. The number of nitrogens with one attached hydrogen (secondary N) is 1. The summed E-state index contributed by atoms with van der Waals surface area (Å²) in [4.78, 5) is 13.7. The lowest BCUT2D eigenvalue weighted by Crippen LogP contribution is -2.46. The van der Waals surface area contributed by atoms with Crippen LogP contribution >= 0.6 is 0 Å². The second-order valence-electron chi connectivity index (χ2n) is 4.65. The van der Waals surface area contributed by atoms with Gasteiger partial charge in [-0.3, -0.25) is 4.79 Å². The maximum Gasteiger partial charge on any atom is 0.238 e. The van der Waals surface area contributed by atoms with Crippen LogP contribution in [0, 0.1) is 23.7 Å². The average molecular weight is 247 g/mol. The number of likely N-dealkylation sites (tertiary alicyclic amines) is 1. The molecule has 0 saturated carbocycles. The zero-order valence-corrected chi connectivity index (χ0v) is 10.3. The highest BCUT2D eigenvalue weighted by atomic mass is 16.5. The highest BCUT2D eigenvalue weighted by Gasteiger charge is 2.35. The highest BCUT2D eigenvalue weighted by molar-refractivity contribution is 5.80. The first-order valence-corrected chi connectivity index (χ1v) is 6.24. The van der Waals surface area contributed by atoms with E-state index in [1.807, 2.05) is 0 Å². The number of amides is 1. The molecule has 1 unspecified atom stereocenters. The Hall–Kier alpha value is -1.56. The standard InChI is InChI=1S/C13H17N3O2/c1-2-11-3-4-12(7-14)16(11)13(17)8-15-10-5-6-18-9-10/h1,10-12,15H,3-6,8-9H2/t10?,11-,12-/m0/s1. The number of hydrogen-bond acceptors (Lipinski definition) is 4. The Morgan fingerprint density at radius 1 is 1.44 bits per heavy atom. The molecule has 2 rings (SSSR count). The van der Waals surface area contributed by atoms with Gasteiger partial charge in [0.1, 0.15) is 6.04 Å². The summed E-state index contributed by atoms with van der Waals surface area (Å²) in [5.74, 6) is 2.50. The van der Waals surface area contributed by atoms with E-state index in [9.17, 15) is 4.79 Å². The van der Waals surface area contributed by atoms with Crippen molar-refractivity contribution in [2.24, 2.45) is 0 Å². The van der Waals surface area contributed by atoms with E-state index < -0.39 is 0 Å². The van der Waals surface area contributed by atoms with Crippen molar-refractivity contribution in [3.05, 3.63) is 0 Å². The maximum absolute atomic E-state index is 12.1. The quantitative estimate of drug-likeness (QED) is 0.706. The number of carbonyl (C=O) groups excluding carboxylic acids is 1. The SMILES string of the molecule is C#C[C@H]1CC[C@@H](C#N)N1C(=O)CNC1CCOC1. The third kappa shape index (κ3) is 2.64. The molecule has 2 aliphatic rings. The van der Waals surface area contributed by atoms with E-state index in [1.165, 1.54) is 0 Å². The first-order chi connectivity index (χ1) is 8.76. The molecule has 0 spiro atoms. The van der Waals surface area contributed by atoms with Gasteiger partial charge in [0.2, 0.25) is 5.91 Å². The molecule has 0 bridgehead atoms. The first-order valence-electron chi connectivity index (χ1n) is 6.24. The molecule has 2 aliphatic heterocycles. The fraction of sp³-hybridized carbons (Fsp3) is 0.692. The van der Waals surface area contributed by atoms with Gasteiger partial charge in [0.05, 0.1) is 25.3 Å². The summed E-state index contributed by atoms with van der Waals surface area (Å²) in [6, 6.07) is 1.77. The zero-order chi connectivity index (χ0) is 13.0. The van der Waals surface area contributed by atoms with Crippen LogP contribution in [0.3, 0.4) is 0 Å². The molecule has 0 aromatic carbocycles. The summed E-state index contributed by atoms with van der Waals surface area (Å²) in [6.45, 7) is 1.61. The van der Waals surface area contributed by atoms with Gasteiger partial charge in [0.25, 0.3) is 0 Å². The van der Waals surface area contributed by atoms with Crippen molar-refractivity contribution in [2.75, 3.05) is 19.8 Å². The summed E-state index contributed by atoms with van der Waals surface area (Å²) in [5, 5.41) is 12.2. The van der Waals surface area contributed by atoms with Crippen LogP contribution in [0.2, 0.25) is 0 Å². The van der Waals surface area contributed by atoms with Crippen molar-refractivity contribution in [3.8, 4) is 18.4 Å². The van der Waals surface area contributed by atoms with Crippen molar-refractivity contribution >= 4 is 5.91 Å². The summed E-state index contributed by atoms with van der Waals surface area (Å²) >= 11 is 0. The maximum atomic E-state index is 12.1. The number of hydrogen-bond donors (Lipinski definition) is 1. The number of terminal acetylenes is 1. The van der Waals surface area contributed by atoms with E-state index in [4.69, 9.17) is 16.4 Å². The molecule has 96 valence electrons. The molecule has 5 nitrogen and oxygen atoms in total. The van der Waals surface area contributed by atoms with Crippen molar-refractivity contribution in [3.63, 3.8) is 0 Å². The molecule has 1 amide bonds. The molecule has 0 radical (unpaired) electrons. The molecule has 2 heterocycles. The fourth-order valence-corrected chi connectivity index (χ4v) is 2.47. The van der Waals surface area contributed by atoms with E-state index in [-0.39, 0.29) is 30.6 Å². The van der Waals surface area contributed by atoms with Crippen LogP contribution in [-0.2, 0) is 9.53 Å². The second-order valence-corrected chi connectivity index (χ2v) is 4.65. The summed E-state index contributed by atoms with van der Waals surface area (Å²) < 4.78 is 5.23. The average Bonchev–Trinajstić information content (AvgIpc) is 3.04. The van der Waals surface area contributed by atoms with Gasteiger partial charge in [-0.15, -0.1) is 6.42 Å². The van der Waals surface area contributed by atoms with Gasteiger partial charge < -0.3 is 15.0 Å². The van der Waals surface area contributed by atoms with Crippen LogP contribution in [0.15, 0.2) is 0 Å². The summed E-state index contributed by atoms with van der Waals surface area (Å²) in [7, 11) is 0. The first kappa shape index (κ1) is 12.9. The Morgan fingerprint density at radius 2 is 2.22 bits per heavy atom. The Labute approximate surface area is 107 Å². The lowest BCUT2D eigenvalue weighted by Gasteiger charge is -2.24. The Kier molecular flexibility index (Phi) is 4.19. The Balaban J connectivity index is 1.90. The van der Waals surface area contributed by atoms with Gasteiger partial charge in [-0.2, -0.15) is 5.26 Å². The van der Waals surface area contributed by atoms with Crippen LogP contribution in [-0.4, -0.2) is 48.7 Å². The number of rotatable bonds is 3. The predicted molar refractivity (Wildman–Crippen MR) is 65.3 cm³/mol. The van der Waals surface area contributed by atoms with Crippen LogP contribution in [0.5, 0.6) is 0 Å². The molecular formula is C13H17N3O2. The van der Waals surface area contributed by atoms with E-state index in [2.05, 4.69) is 17.3 Å². The predicted octanol–water partition coefficient (Wildman–Crippen LogP) is -0.119.